The molecule has 2 amide bonds. The van der Waals surface area contributed by atoms with E-state index in [1.165, 1.54) is 7.05 Å². The Balaban J connectivity index is 4.09. The summed E-state index contributed by atoms with van der Waals surface area (Å²) in [6.07, 6.45) is 1.88. The molecule has 0 heterocycles. The van der Waals surface area contributed by atoms with E-state index in [-0.39, 0.29) is 24.7 Å². The summed E-state index contributed by atoms with van der Waals surface area (Å²) in [6, 6.07) is -0.517. The van der Waals surface area contributed by atoms with E-state index < -0.39 is 12.0 Å². The van der Waals surface area contributed by atoms with E-state index >= 15 is 0 Å². The van der Waals surface area contributed by atoms with Gasteiger partial charge in [-0.2, -0.15) is 0 Å². The average molecular weight is 272 g/mol. The summed E-state index contributed by atoms with van der Waals surface area (Å²) in [6.45, 7) is 3.96. The highest BCUT2D eigenvalue weighted by atomic mass is 16.4. The molecule has 0 fully saturated rings. The minimum absolute atomic E-state index is 0.0676. The quantitative estimate of drug-likeness (QED) is 0.544. The predicted octanol–water partition coefficient (Wildman–Crippen LogP) is 0.908. The normalized spacial score (nSPS) is 12.0. The van der Waals surface area contributed by atoms with Gasteiger partial charge in [0, 0.05) is 19.9 Å². The van der Waals surface area contributed by atoms with Crippen molar-refractivity contribution in [1.82, 2.24) is 10.6 Å². The van der Waals surface area contributed by atoms with Gasteiger partial charge in [-0.25, -0.2) is 0 Å². The summed E-state index contributed by atoms with van der Waals surface area (Å²) < 4.78 is 0. The molecule has 0 saturated heterocycles. The molecule has 0 aliphatic carbocycles. The zero-order valence-corrected chi connectivity index (χ0v) is 11.9. The number of carbonyl (C=O) groups excluding carboxylic acids is 2. The monoisotopic (exact) mass is 272 g/mol. The second-order valence-electron chi connectivity index (χ2n) is 4.96. The van der Waals surface area contributed by atoms with Crippen molar-refractivity contribution < 1.29 is 19.5 Å². The average Bonchev–Trinajstić information content (AvgIpc) is 2.32. The van der Waals surface area contributed by atoms with E-state index in [4.69, 9.17) is 5.11 Å². The number of rotatable bonds is 9. The Labute approximate surface area is 113 Å². The number of carbonyl (C=O) groups is 3. The molecule has 0 aliphatic heterocycles. The van der Waals surface area contributed by atoms with Gasteiger partial charge in [0.15, 0.2) is 0 Å². The summed E-state index contributed by atoms with van der Waals surface area (Å²) in [4.78, 5) is 33.6. The van der Waals surface area contributed by atoms with Crippen LogP contribution in [0.15, 0.2) is 0 Å². The second-order valence-corrected chi connectivity index (χ2v) is 4.96. The lowest BCUT2D eigenvalue weighted by atomic mass is 10.0. The molecule has 1 unspecified atom stereocenters. The van der Waals surface area contributed by atoms with Gasteiger partial charge in [0.25, 0.3) is 0 Å². The van der Waals surface area contributed by atoms with Gasteiger partial charge in [0.2, 0.25) is 11.8 Å². The molecular weight excluding hydrogens is 248 g/mol. The lowest BCUT2D eigenvalue weighted by molar-refractivity contribution is -0.137. The maximum atomic E-state index is 11.7. The van der Waals surface area contributed by atoms with Crippen LogP contribution in [-0.2, 0) is 14.4 Å². The first-order valence-corrected chi connectivity index (χ1v) is 6.59. The molecule has 19 heavy (non-hydrogen) atoms. The highest BCUT2D eigenvalue weighted by molar-refractivity contribution is 5.87. The van der Waals surface area contributed by atoms with Crippen LogP contribution < -0.4 is 10.6 Å². The van der Waals surface area contributed by atoms with Crippen LogP contribution in [0.5, 0.6) is 0 Å². The zero-order chi connectivity index (χ0) is 14.8. The largest absolute Gasteiger partial charge is 0.481 e. The Morgan fingerprint density at radius 1 is 1.11 bits per heavy atom. The molecule has 3 N–H and O–H groups in total. The van der Waals surface area contributed by atoms with Crippen molar-refractivity contribution in [2.45, 2.75) is 52.0 Å². The third-order valence-corrected chi connectivity index (χ3v) is 2.65. The molecule has 0 spiro atoms. The molecular formula is C13H24N2O4. The van der Waals surface area contributed by atoms with Gasteiger partial charge in [0.1, 0.15) is 6.04 Å². The van der Waals surface area contributed by atoms with Gasteiger partial charge >= 0.3 is 5.97 Å². The molecule has 6 nitrogen and oxygen atoms in total. The van der Waals surface area contributed by atoms with E-state index in [2.05, 4.69) is 10.6 Å². The van der Waals surface area contributed by atoms with Crippen molar-refractivity contribution >= 4 is 17.8 Å². The minimum atomic E-state index is -0.858. The van der Waals surface area contributed by atoms with Crippen molar-refractivity contribution in [3.8, 4) is 0 Å². The van der Waals surface area contributed by atoms with Gasteiger partial charge < -0.3 is 15.7 Å². The lowest BCUT2D eigenvalue weighted by Gasteiger charge is -2.19. The maximum absolute atomic E-state index is 11.7. The molecule has 0 aromatic heterocycles. The number of hydrogen-bond acceptors (Lipinski definition) is 3. The molecule has 0 aromatic rings. The summed E-state index contributed by atoms with van der Waals surface area (Å²) >= 11 is 0. The number of carboxylic acids is 1. The Hall–Kier alpha value is -1.59. The lowest BCUT2D eigenvalue weighted by Crippen LogP contribution is -2.46. The van der Waals surface area contributed by atoms with Crippen molar-refractivity contribution in [3.05, 3.63) is 0 Å². The van der Waals surface area contributed by atoms with Gasteiger partial charge in [-0.1, -0.05) is 13.8 Å². The highest BCUT2D eigenvalue weighted by Crippen LogP contribution is 2.06. The van der Waals surface area contributed by atoms with Gasteiger partial charge in [-0.15, -0.1) is 0 Å². The minimum Gasteiger partial charge on any atom is -0.481 e. The molecule has 0 bridgehead atoms. The summed E-state index contributed by atoms with van der Waals surface area (Å²) in [5.74, 6) is -0.967. The molecule has 0 radical (unpaired) electrons. The third-order valence-electron chi connectivity index (χ3n) is 2.65. The third kappa shape index (κ3) is 9.04. The topological polar surface area (TPSA) is 95.5 Å². The van der Waals surface area contributed by atoms with Crippen LogP contribution in [0.4, 0.5) is 0 Å². The fraction of sp³-hybridized carbons (Fsp3) is 0.769. The highest BCUT2D eigenvalue weighted by Gasteiger charge is 2.20. The molecule has 1 atom stereocenters. The summed E-state index contributed by atoms with van der Waals surface area (Å²) in [5, 5.41) is 13.7. The van der Waals surface area contributed by atoms with Crippen molar-refractivity contribution in [2.75, 3.05) is 7.05 Å². The van der Waals surface area contributed by atoms with Crippen LogP contribution in [0.1, 0.15) is 46.0 Å². The Morgan fingerprint density at radius 3 is 2.16 bits per heavy atom. The van der Waals surface area contributed by atoms with E-state index in [0.717, 1.165) is 0 Å². The molecule has 0 aliphatic rings. The van der Waals surface area contributed by atoms with E-state index in [1.807, 2.05) is 13.8 Å². The van der Waals surface area contributed by atoms with E-state index in [9.17, 15) is 14.4 Å². The molecule has 0 saturated carbocycles. The van der Waals surface area contributed by atoms with Crippen molar-refractivity contribution in [3.63, 3.8) is 0 Å². The first-order valence-electron chi connectivity index (χ1n) is 6.59. The van der Waals surface area contributed by atoms with Gasteiger partial charge in [-0.3, -0.25) is 14.4 Å². The molecule has 6 heteroatoms. The Kier molecular flexibility index (Phi) is 8.57. The molecule has 0 rings (SSSR count). The number of nitrogens with one attached hydrogen (secondary N) is 2. The Morgan fingerprint density at radius 2 is 1.68 bits per heavy atom. The first kappa shape index (κ1) is 17.4. The van der Waals surface area contributed by atoms with Crippen LogP contribution in [0.3, 0.4) is 0 Å². The van der Waals surface area contributed by atoms with Crippen molar-refractivity contribution in [1.29, 1.82) is 0 Å². The number of likely N-dealkylation sites (N-methyl/N-ethyl adjacent to an activating group) is 1. The van der Waals surface area contributed by atoms with Gasteiger partial charge in [-0.05, 0) is 25.2 Å². The molecule has 110 valence electrons. The Bertz CT molecular complexity index is 316. The standard InChI is InChI=1S/C13H24N2O4/c1-9(2)8-10(13(19)14-3)15-11(16)6-4-5-7-12(17)18/h9-10H,4-8H2,1-3H3,(H,14,19)(H,15,16)(H,17,18). The number of unbranched alkanes of at least 4 members (excludes halogenated alkanes) is 1. The fourth-order valence-corrected chi connectivity index (χ4v) is 1.71. The number of hydrogen-bond donors (Lipinski definition) is 3. The van der Waals surface area contributed by atoms with Crippen LogP contribution >= 0.6 is 0 Å². The zero-order valence-electron chi connectivity index (χ0n) is 11.9. The van der Waals surface area contributed by atoms with E-state index in [0.29, 0.717) is 25.2 Å². The van der Waals surface area contributed by atoms with Crippen LogP contribution in [0, 0.1) is 5.92 Å². The number of amides is 2. The predicted molar refractivity (Wildman–Crippen MR) is 71.6 cm³/mol. The van der Waals surface area contributed by atoms with Gasteiger partial charge in [0.05, 0.1) is 0 Å². The second kappa shape index (κ2) is 9.35. The number of aliphatic carboxylic acids is 1. The fourth-order valence-electron chi connectivity index (χ4n) is 1.71. The smallest absolute Gasteiger partial charge is 0.303 e. The number of carboxylic acid groups (broad SMARTS) is 1. The van der Waals surface area contributed by atoms with Crippen molar-refractivity contribution in [2.24, 2.45) is 5.92 Å². The van der Waals surface area contributed by atoms with E-state index in [1.54, 1.807) is 0 Å². The first-order chi connectivity index (χ1) is 8.86. The maximum Gasteiger partial charge on any atom is 0.303 e. The SMILES string of the molecule is CNC(=O)C(CC(C)C)NC(=O)CCCCC(=O)O. The summed E-state index contributed by atoms with van der Waals surface area (Å²) in [7, 11) is 1.54. The van der Waals surface area contributed by atoms with Crippen LogP contribution in [-0.4, -0.2) is 36.0 Å². The molecule has 0 aromatic carbocycles. The van der Waals surface area contributed by atoms with Crippen LogP contribution in [0.25, 0.3) is 0 Å². The summed E-state index contributed by atoms with van der Waals surface area (Å²) in [5.41, 5.74) is 0. The van der Waals surface area contributed by atoms with Crippen LogP contribution in [0.2, 0.25) is 0 Å².